The normalized spacial score (nSPS) is 12.6. The molecule has 1 atom stereocenters. The molecule has 2 aromatic rings. The Morgan fingerprint density at radius 1 is 1.26 bits per heavy atom. The van der Waals surface area contributed by atoms with Crippen LogP contribution < -0.4 is 10.1 Å². The highest BCUT2D eigenvalue weighted by molar-refractivity contribution is 7.08. The van der Waals surface area contributed by atoms with Gasteiger partial charge in [0.1, 0.15) is 5.75 Å². The van der Waals surface area contributed by atoms with Gasteiger partial charge in [0.05, 0.1) is 6.04 Å². The molecule has 0 aliphatic carbocycles. The van der Waals surface area contributed by atoms with E-state index in [1.54, 1.807) is 23.5 Å². The second-order valence-electron chi connectivity index (χ2n) is 3.96. The number of para-hydroxylation sites is 1. The van der Waals surface area contributed by atoms with Crippen LogP contribution in [0.3, 0.4) is 0 Å². The van der Waals surface area contributed by atoms with Gasteiger partial charge in [-0.1, -0.05) is 25.1 Å². The number of benzene rings is 1. The number of ether oxygens (including phenoxy) is 1. The van der Waals surface area contributed by atoms with Gasteiger partial charge < -0.3 is 10.1 Å². The summed E-state index contributed by atoms with van der Waals surface area (Å²) in [5, 5.41) is 7.27. The number of hydrogen-bond acceptors (Lipinski definition) is 3. The molecule has 0 amide bonds. The largest absolute Gasteiger partial charge is 0.434 e. The number of rotatable bonds is 6. The highest BCUT2D eigenvalue weighted by Gasteiger charge is 2.19. The minimum Gasteiger partial charge on any atom is -0.434 e. The molecule has 0 spiro atoms. The molecule has 1 aromatic carbocycles. The summed E-state index contributed by atoms with van der Waals surface area (Å²) in [6, 6.07) is 8.74. The minimum atomic E-state index is -2.81. The number of halogens is 2. The standard InChI is InChI=1S/C14H15F2NOS/c1-2-17-13(10-7-8-19-9-10)11-5-3-4-6-12(11)18-14(15)16/h3-9,13-14,17H,2H2,1H3. The Hall–Kier alpha value is -1.46. The quantitative estimate of drug-likeness (QED) is 0.863. The van der Waals surface area contributed by atoms with Crippen LogP contribution in [-0.4, -0.2) is 13.2 Å². The first-order valence-corrected chi connectivity index (χ1v) is 6.96. The Labute approximate surface area is 115 Å². The lowest BCUT2D eigenvalue weighted by molar-refractivity contribution is -0.0506. The van der Waals surface area contributed by atoms with E-state index in [0.29, 0.717) is 0 Å². The van der Waals surface area contributed by atoms with Crippen LogP contribution in [0, 0.1) is 0 Å². The van der Waals surface area contributed by atoms with Gasteiger partial charge in [-0.15, -0.1) is 0 Å². The SMILES string of the molecule is CCNC(c1ccsc1)c1ccccc1OC(F)F. The van der Waals surface area contributed by atoms with Gasteiger partial charge in [-0.3, -0.25) is 0 Å². The first-order chi connectivity index (χ1) is 9.22. The molecule has 0 aliphatic heterocycles. The van der Waals surface area contributed by atoms with E-state index in [9.17, 15) is 8.78 Å². The first kappa shape index (κ1) is 14.0. The third-order valence-electron chi connectivity index (χ3n) is 2.73. The molecule has 2 nitrogen and oxygen atoms in total. The van der Waals surface area contributed by atoms with E-state index >= 15 is 0 Å². The van der Waals surface area contributed by atoms with Gasteiger partial charge in [0, 0.05) is 5.56 Å². The molecule has 1 N–H and O–H groups in total. The lowest BCUT2D eigenvalue weighted by atomic mass is 10.0. The van der Waals surface area contributed by atoms with Gasteiger partial charge in [-0.2, -0.15) is 20.1 Å². The van der Waals surface area contributed by atoms with Crippen molar-refractivity contribution in [2.24, 2.45) is 0 Å². The summed E-state index contributed by atoms with van der Waals surface area (Å²) < 4.78 is 29.5. The summed E-state index contributed by atoms with van der Waals surface area (Å²) >= 11 is 1.58. The molecule has 1 unspecified atom stereocenters. The van der Waals surface area contributed by atoms with Crippen LogP contribution in [0.1, 0.15) is 24.1 Å². The van der Waals surface area contributed by atoms with E-state index in [2.05, 4.69) is 10.1 Å². The molecule has 19 heavy (non-hydrogen) atoms. The lowest BCUT2D eigenvalue weighted by Crippen LogP contribution is -2.22. The molecule has 0 saturated heterocycles. The molecule has 102 valence electrons. The summed E-state index contributed by atoms with van der Waals surface area (Å²) in [7, 11) is 0. The number of hydrogen-bond donors (Lipinski definition) is 1. The van der Waals surface area contributed by atoms with Crippen LogP contribution in [0.2, 0.25) is 0 Å². The van der Waals surface area contributed by atoms with E-state index < -0.39 is 6.61 Å². The molecule has 0 bridgehead atoms. The van der Waals surface area contributed by atoms with Crippen molar-refractivity contribution in [3.05, 3.63) is 52.2 Å². The van der Waals surface area contributed by atoms with Gasteiger partial charge in [0.15, 0.2) is 0 Å². The van der Waals surface area contributed by atoms with Crippen molar-refractivity contribution in [2.75, 3.05) is 6.54 Å². The Morgan fingerprint density at radius 3 is 2.68 bits per heavy atom. The minimum absolute atomic E-state index is 0.133. The van der Waals surface area contributed by atoms with Gasteiger partial charge in [0.25, 0.3) is 0 Å². The fraction of sp³-hybridized carbons (Fsp3) is 0.286. The van der Waals surface area contributed by atoms with Crippen LogP contribution >= 0.6 is 11.3 Å². The van der Waals surface area contributed by atoms with Crippen molar-refractivity contribution in [2.45, 2.75) is 19.6 Å². The predicted molar refractivity (Wildman–Crippen MR) is 72.9 cm³/mol. The maximum absolute atomic E-state index is 12.5. The van der Waals surface area contributed by atoms with E-state index in [-0.39, 0.29) is 11.8 Å². The maximum Gasteiger partial charge on any atom is 0.387 e. The van der Waals surface area contributed by atoms with E-state index in [4.69, 9.17) is 0 Å². The van der Waals surface area contributed by atoms with Crippen molar-refractivity contribution < 1.29 is 13.5 Å². The zero-order valence-corrected chi connectivity index (χ0v) is 11.3. The molecule has 0 fully saturated rings. The summed E-state index contributed by atoms with van der Waals surface area (Å²) in [4.78, 5) is 0. The summed E-state index contributed by atoms with van der Waals surface area (Å²) in [5.74, 6) is 0.217. The fourth-order valence-corrected chi connectivity index (χ4v) is 2.66. The Bertz CT molecular complexity index is 502. The summed E-state index contributed by atoms with van der Waals surface area (Å²) in [6.07, 6.45) is 0. The number of alkyl halides is 2. The maximum atomic E-state index is 12.5. The lowest BCUT2D eigenvalue weighted by Gasteiger charge is -2.20. The van der Waals surface area contributed by atoms with E-state index in [1.165, 1.54) is 0 Å². The molecule has 0 saturated carbocycles. The van der Waals surface area contributed by atoms with Crippen molar-refractivity contribution >= 4 is 11.3 Å². The summed E-state index contributed by atoms with van der Waals surface area (Å²) in [5.41, 5.74) is 1.78. The molecular formula is C14H15F2NOS. The van der Waals surface area contributed by atoms with Crippen molar-refractivity contribution in [1.82, 2.24) is 5.32 Å². The zero-order valence-electron chi connectivity index (χ0n) is 10.5. The molecule has 1 heterocycles. The van der Waals surface area contributed by atoms with Crippen LogP contribution in [0.25, 0.3) is 0 Å². The van der Waals surface area contributed by atoms with Crippen molar-refractivity contribution in [3.63, 3.8) is 0 Å². The number of nitrogens with one attached hydrogen (secondary N) is 1. The average molecular weight is 283 g/mol. The van der Waals surface area contributed by atoms with Gasteiger partial charge in [-0.05, 0) is 35.0 Å². The molecule has 2 rings (SSSR count). The van der Waals surface area contributed by atoms with Crippen molar-refractivity contribution in [1.29, 1.82) is 0 Å². The predicted octanol–water partition coefficient (Wildman–Crippen LogP) is 4.05. The third-order valence-corrected chi connectivity index (χ3v) is 3.43. The van der Waals surface area contributed by atoms with Gasteiger partial charge in [0.2, 0.25) is 0 Å². The van der Waals surface area contributed by atoms with Gasteiger partial charge in [-0.25, -0.2) is 0 Å². The summed E-state index contributed by atoms with van der Waals surface area (Å²) in [6.45, 7) is -0.0923. The van der Waals surface area contributed by atoms with Crippen LogP contribution in [0.15, 0.2) is 41.1 Å². The smallest absolute Gasteiger partial charge is 0.387 e. The highest BCUT2D eigenvalue weighted by Crippen LogP contribution is 2.31. The first-order valence-electron chi connectivity index (χ1n) is 6.01. The Kier molecular flexibility index (Phi) is 4.87. The van der Waals surface area contributed by atoms with Crippen LogP contribution in [0.4, 0.5) is 8.78 Å². The van der Waals surface area contributed by atoms with E-state index in [1.807, 2.05) is 35.9 Å². The van der Waals surface area contributed by atoms with E-state index in [0.717, 1.165) is 17.7 Å². The molecule has 0 radical (unpaired) electrons. The van der Waals surface area contributed by atoms with Gasteiger partial charge >= 0.3 is 6.61 Å². The second-order valence-corrected chi connectivity index (χ2v) is 4.74. The fourth-order valence-electron chi connectivity index (χ4n) is 1.97. The average Bonchev–Trinajstić information content (AvgIpc) is 2.90. The highest BCUT2D eigenvalue weighted by atomic mass is 32.1. The Balaban J connectivity index is 2.36. The third kappa shape index (κ3) is 3.52. The number of thiophene rings is 1. The molecule has 1 aromatic heterocycles. The molecular weight excluding hydrogens is 268 g/mol. The second kappa shape index (κ2) is 6.63. The van der Waals surface area contributed by atoms with Crippen LogP contribution in [0.5, 0.6) is 5.75 Å². The van der Waals surface area contributed by atoms with Crippen LogP contribution in [-0.2, 0) is 0 Å². The molecule has 0 aliphatic rings. The topological polar surface area (TPSA) is 21.3 Å². The Morgan fingerprint density at radius 2 is 2.05 bits per heavy atom. The monoisotopic (exact) mass is 283 g/mol. The van der Waals surface area contributed by atoms with Crippen molar-refractivity contribution in [3.8, 4) is 5.75 Å². The molecule has 5 heteroatoms. The zero-order chi connectivity index (χ0) is 13.7.